The monoisotopic (exact) mass is 205 g/mol. The Hall–Kier alpha value is -2.02. The van der Waals surface area contributed by atoms with Gasteiger partial charge in [-0.05, 0) is 18.6 Å². The van der Waals surface area contributed by atoms with Crippen molar-refractivity contribution in [1.82, 2.24) is 0 Å². The van der Waals surface area contributed by atoms with Crippen LogP contribution >= 0.6 is 0 Å². The van der Waals surface area contributed by atoms with E-state index in [0.29, 0.717) is 18.8 Å². The van der Waals surface area contributed by atoms with Crippen LogP contribution in [-0.2, 0) is 0 Å². The van der Waals surface area contributed by atoms with E-state index in [1.54, 1.807) is 13.0 Å². The van der Waals surface area contributed by atoms with Crippen molar-refractivity contribution in [2.24, 2.45) is 0 Å². The zero-order valence-electron chi connectivity index (χ0n) is 8.40. The fourth-order valence-electron chi connectivity index (χ4n) is 1.13. The van der Waals surface area contributed by atoms with Gasteiger partial charge >= 0.3 is 0 Å². The molecule has 0 saturated carbocycles. The second-order valence-corrected chi connectivity index (χ2v) is 3.01. The van der Waals surface area contributed by atoms with Crippen molar-refractivity contribution < 1.29 is 9.66 Å². The Morgan fingerprint density at radius 3 is 2.87 bits per heavy atom. The molecule has 15 heavy (non-hydrogen) atoms. The van der Waals surface area contributed by atoms with E-state index in [1.807, 2.05) is 0 Å². The van der Waals surface area contributed by atoms with E-state index in [-0.39, 0.29) is 5.69 Å². The summed E-state index contributed by atoms with van der Waals surface area (Å²) < 4.78 is 5.35. The lowest BCUT2D eigenvalue weighted by atomic mass is 10.2. The van der Waals surface area contributed by atoms with Crippen molar-refractivity contribution >= 4 is 5.69 Å². The predicted octanol–water partition coefficient (Wildman–Crippen LogP) is 2.31. The molecule has 78 valence electrons. The molecule has 4 nitrogen and oxygen atoms in total. The standard InChI is InChI=1S/C11H11NO3/c1-3-4-7-15-11-6-5-10(12(13)14)8-9(11)2/h1,5-6,8H,4,7H2,2H3. The summed E-state index contributed by atoms with van der Waals surface area (Å²) in [5, 5.41) is 10.5. The fraction of sp³-hybridized carbons (Fsp3) is 0.273. The third-order valence-corrected chi connectivity index (χ3v) is 1.87. The molecule has 0 aliphatic carbocycles. The largest absolute Gasteiger partial charge is 0.492 e. The Balaban J connectivity index is 2.76. The molecule has 0 amide bonds. The predicted molar refractivity (Wildman–Crippen MR) is 56.8 cm³/mol. The normalized spacial score (nSPS) is 9.33. The van der Waals surface area contributed by atoms with Gasteiger partial charge in [0.1, 0.15) is 5.75 Å². The van der Waals surface area contributed by atoms with Crippen LogP contribution in [0.4, 0.5) is 5.69 Å². The Bertz CT molecular complexity index is 407. The molecule has 0 bridgehead atoms. The minimum Gasteiger partial charge on any atom is -0.492 e. The van der Waals surface area contributed by atoms with Crippen molar-refractivity contribution in [3.8, 4) is 18.1 Å². The number of nitrogens with zero attached hydrogens (tertiary/aromatic N) is 1. The number of hydrogen-bond acceptors (Lipinski definition) is 3. The highest BCUT2D eigenvalue weighted by atomic mass is 16.6. The summed E-state index contributed by atoms with van der Waals surface area (Å²) in [6.45, 7) is 2.19. The van der Waals surface area contributed by atoms with Gasteiger partial charge in [0, 0.05) is 18.6 Å². The number of non-ortho nitro benzene ring substituents is 1. The van der Waals surface area contributed by atoms with Gasteiger partial charge in [-0.3, -0.25) is 10.1 Å². The number of rotatable bonds is 4. The summed E-state index contributed by atoms with van der Waals surface area (Å²) in [5.41, 5.74) is 0.804. The van der Waals surface area contributed by atoms with Crippen LogP contribution in [0.1, 0.15) is 12.0 Å². The summed E-state index contributed by atoms with van der Waals surface area (Å²) in [6.07, 6.45) is 5.60. The molecule has 0 radical (unpaired) electrons. The van der Waals surface area contributed by atoms with E-state index in [4.69, 9.17) is 11.2 Å². The summed E-state index contributed by atoms with van der Waals surface area (Å²) >= 11 is 0. The lowest BCUT2D eigenvalue weighted by molar-refractivity contribution is -0.384. The molecule has 1 aromatic carbocycles. The number of nitro benzene ring substituents is 1. The highest BCUT2D eigenvalue weighted by Crippen LogP contribution is 2.23. The first-order valence-corrected chi connectivity index (χ1v) is 4.46. The van der Waals surface area contributed by atoms with Crippen LogP contribution in [-0.4, -0.2) is 11.5 Å². The number of aryl methyl sites for hydroxylation is 1. The molecule has 0 heterocycles. The summed E-state index contributed by atoms with van der Waals surface area (Å²) in [4.78, 5) is 10.0. The number of terminal acetylenes is 1. The van der Waals surface area contributed by atoms with E-state index >= 15 is 0 Å². The highest BCUT2D eigenvalue weighted by molar-refractivity contribution is 5.42. The first-order valence-electron chi connectivity index (χ1n) is 4.46. The Labute approximate surface area is 88.0 Å². The molecule has 0 aliphatic heterocycles. The second-order valence-electron chi connectivity index (χ2n) is 3.01. The molecular formula is C11H11NO3. The Morgan fingerprint density at radius 2 is 2.33 bits per heavy atom. The van der Waals surface area contributed by atoms with Gasteiger partial charge in [-0.15, -0.1) is 12.3 Å². The lowest BCUT2D eigenvalue weighted by Crippen LogP contribution is -1.98. The average molecular weight is 205 g/mol. The maximum Gasteiger partial charge on any atom is 0.269 e. The van der Waals surface area contributed by atoms with Crippen molar-refractivity contribution in [2.75, 3.05) is 6.61 Å². The summed E-state index contributed by atoms with van der Waals surface area (Å²) in [5.74, 6) is 3.09. The smallest absolute Gasteiger partial charge is 0.269 e. The SMILES string of the molecule is C#CCCOc1ccc([N+](=O)[O-])cc1C. The zero-order chi connectivity index (χ0) is 11.3. The third kappa shape index (κ3) is 2.99. The molecule has 0 saturated heterocycles. The first kappa shape index (κ1) is 11.1. The van der Waals surface area contributed by atoms with Gasteiger partial charge in [0.25, 0.3) is 5.69 Å². The van der Waals surface area contributed by atoms with Gasteiger partial charge in [0.05, 0.1) is 11.5 Å². The van der Waals surface area contributed by atoms with E-state index < -0.39 is 4.92 Å². The van der Waals surface area contributed by atoms with Crippen LogP contribution in [0.5, 0.6) is 5.75 Å². The van der Waals surface area contributed by atoms with Gasteiger partial charge < -0.3 is 4.74 Å². The lowest BCUT2D eigenvalue weighted by Gasteiger charge is -2.06. The molecule has 0 spiro atoms. The maximum atomic E-state index is 10.5. The quantitative estimate of drug-likeness (QED) is 0.328. The van der Waals surface area contributed by atoms with Gasteiger partial charge in [-0.1, -0.05) is 0 Å². The van der Waals surface area contributed by atoms with E-state index in [0.717, 1.165) is 5.56 Å². The highest BCUT2D eigenvalue weighted by Gasteiger charge is 2.08. The first-order chi connectivity index (χ1) is 7.15. The van der Waals surface area contributed by atoms with Crippen molar-refractivity contribution in [3.05, 3.63) is 33.9 Å². The van der Waals surface area contributed by atoms with Crippen LogP contribution in [0.2, 0.25) is 0 Å². The third-order valence-electron chi connectivity index (χ3n) is 1.87. The van der Waals surface area contributed by atoms with Crippen molar-refractivity contribution in [3.63, 3.8) is 0 Å². The molecule has 0 fully saturated rings. The second kappa shape index (κ2) is 5.01. The van der Waals surface area contributed by atoms with Gasteiger partial charge in [-0.2, -0.15) is 0 Å². The number of nitro groups is 1. The van der Waals surface area contributed by atoms with Crippen molar-refractivity contribution in [1.29, 1.82) is 0 Å². The minimum absolute atomic E-state index is 0.0665. The average Bonchev–Trinajstić information content (AvgIpc) is 2.20. The summed E-state index contributed by atoms with van der Waals surface area (Å²) in [7, 11) is 0. The molecule has 0 N–H and O–H groups in total. The summed E-state index contributed by atoms with van der Waals surface area (Å²) in [6, 6.07) is 4.48. The zero-order valence-corrected chi connectivity index (χ0v) is 8.40. The molecule has 1 aromatic rings. The van der Waals surface area contributed by atoms with Crippen LogP contribution in [0.15, 0.2) is 18.2 Å². The topological polar surface area (TPSA) is 52.4 Å². The fourth-order valence-corrected chi connectivity index (χ4v) is 1.13. The number of benzene rings is 1. The molecule has 0 unspecified atom stereocenters. The number of ether oxygens (including phenoxy) is 1. The molecule has 1 rings (SSSR count). The van der Waals surface area contributed by atoms with E-state index in [9.17, 15) is 10.1 Å². The minimum atomic E-state index is -0.432. The maximum absolute atomic E-state index is 10.5. The van der Waals surface area contributed by atoms with E-state index in [1.165, 1.54) is 12.1 Å². The Morgan fingerprint density at radius 1 is 1.60 bits per heavy atom. The van der Waals surface area contributed by atoms with Crippen LogP contribution in [0.3, 0.4) is 0 Å². The molecule has 0 aromatic heterocycles. The van der Waals surface area contributed by atoms with Crippen LogP contribution in [0, 0.1) is 29.4 Å². The number of hydrogen-bond donors (Lipinski definition) is 0. The van der Waals surface area contributed by atoms with Gasteiger partial charge in [0.2, 0.25) is 0 Å². The van der Waals surface area contributed by atoms with Gasteiger partial charge in [-0.25, -0.2) is 0 Å². The van der Waals surface area contributed by atoms with Crippen molar-refractivity contribution in [2.45, 2.75) is 13.3 Å². The Kier molecular flexibility index (Phi) is 3.69. The molecule has 0 atom stereocenters. The van der Waals surface area contributed by atoms with Crippen LogP contribution in [0.25, 0.3) is 0 Å². The van der Waals surface area contributed by atoms with E-state index in [2.05, 4.69) is 5.92 Å². The van der Waals surface area contributed by atoms with Gasteiger partial charge in [0.15, 0.2) is 0 Å². The van der Waals surface area contributed by atoms with Crippen LogP contribution < -0.4 is 4.74 Å². The molecule has 0 aliphatic rings. The molecular weight excluding hydrogens is 194 g/mol. The molecule has 4 heteroatoms.